The lowest BCUT2D eigenvalue weighted by Gasteiger charge is -2.23. The number of aliphatic hydroxyl groups is 1. The molecule has 0 aliphatic carbocycles. The fraction of sp³-hybridized carbons (Fsp3) is 0.500. The van der Waals surface area contributed by atoms with Crippen LogP contribution in [0.15, 0.2) is 16.6 Å². The highest BCUT2D eigenvalue weighted by molar-refractivity contribution is 9.10. The van der Waals surface area contributed by atoms with Crippen LogP contribution >= 0.6 is 15.9 Å². The van der Waals surface area contributed by atoms with Gasteiger partial charge in [-0.25, -0.2) is 0 Å². The molecule has 1 aromatic rings. The van der Waals surface area contributed by atoms with Gasteiger partial charge in [-0.1, -0.05) is 15.9 Å². The third kappa shape index (κ3) is 3.21. The fourth-order valence-electron chi connectivity index (χ4n) is 3.24. The Morgan fingerprint density at radius 2 is 2.17 bits per heavy atom. The fourth-order valence-corrected chi connectivity index (χ4v) is 3.75. The van der Waals surface area contributed by atoms with Crippen molar-refractivity contribution in [3.8, 4) is 5.75 Å². The third-order valence-corrected chi connectivity index (χ3v) is 5.15. The first-order chi connectivity index (χ1) is 11.0. The summed E-state index contributed by atoms with van der Waals surface area (Å²) < 4.78 is 6.66. The SMILES string of the molecule is NC(=O)C[C@@H]1CN(C(=O)c2ccc(Br)c3c2OCCC3)C[C@H]1O. The maximum absolute atomic E-state index is 12.8. The van der Waals surface area contributed by atoms with Crippen molar-refractivity contribution >= 4 is 27.7 Å². The average molecular weight is 383 g/mol. The number of nitrogens with two attached hydrogens (primary N) is 1. The molecule has 6 nitrogen and oxygen atoms in total. The van der Waals surface area contributed by atoms with Crippen LogP contribution in [0.1, 0.15) is 28.8 Å². The number of carbonyl (C=O) groups is 2. The first-order valence-corrected chi connectivity index (χ1v) is 8.46. The zero-order valence-corrected chi connectivity index (χ0v) is 14.2. The Balaban J connectivity index is 1.83. The number of β-amino-alcohol motifs (C(OH)–C–C–N with tert-alkyl or cyclic N) is 1. The molecule has 0 aromatic heterocycles. The molecule has 1 aromatic carbocycles. The summed E-state index contributed by atoms with van der Waals surface area (Å²) in [4.78, 5) is 25.4. The largest absolute Gasteiger partial charge is 0.492 e. The molecular formula is C16H19BrN2O4. The molecule has 0 radical (unpaired) electrons. The number of amides is 2. The molecule has 2 amide bonds. The molecule has 0 unspecified atom stereocenters. The van der Waals surface area contributed by atoms with Gasteiger partial charge >= 0.3 is 0 Å². The zero-order valence-electron chi connectivity index (χ0n) is 12.6. The molecular weight excluding hydrogens is 364 g/mol. The maximum Gasteiger partial charge on any atom is 0.257 e. The molecule has 0 spiro atoms. The maximum atomic E-state index is 12.8. The normalized spacial score (nSPS) is 23.3. The Labute approximate surface area is 142 Å². The number of rotatable bonds is 3. The lowest BCUT2D eigenvalue weighted by Crippen LogP contribution is -2.30. The molecule has 2 atom stereocenters. The van der Waals surface area contributed by atoms with Gasteiger partial charge in [-0.05, 0) is 25.0 Å². The Kier molecular flexibility index (Phi) is 4.59. The van der Waals surface area contributed by atoms with Gasteiger partial charge < -0.3 is 20.5 Å². The van der Waals surface area contributed by atoms with Gasteiger partial charge in [0.1, 0.15) is 5.75 Å². The van der Waals surface area contributed by atoms with Crippen molar-refractivity contribution in [2.45, 2.75) is 25.4 Å². The summed E-state index contributed by atoms with van der Waals surface area (Å²) in [5.41, 5.74) is 6.72. The van der Waals surface area contributed by atoms with Crippen LogP contribution in [0.4, 0.5) is 0 Å². The average Bonchev–Trinajstić information content (AvgIpc) is 2.88. The van der Waals surface area contributed by atoms with E-state index in [1.165, 1.54) is 0 Å². The van der Waals surface area contributed by atoms with Crippen molar-refractivity contribution in [3.05, 3.63) is 27.7 Å². The predicted molar refractivity (Wildman–Crippen MR) is 87.2 cm³/mol. The number of carbonyl (C=O) groups excluding carboxylic acids is 2. The second-order valence-electron chi connectivity index (χ2n) is 6.06. The number of hydrogen-bond donors (Lipinski definition) is 2. The van der Waals surface area contributed by atoms with Gasteiger partial charge in [-0.15, -0.1) is 0 Å². The van der Waals surface area contributed by atoms with E-state index < -0.39 is 12.0 Å². The number of hydrogen-bond acceptors (Lipinski definition) is 4. The van der Waals surface area contributed by atoms with Gasteiger partial charge in [-0.2, -0.15) is 0 Å². The van der Waals surface area contributed by atoms with Crippen molar-refractivity contribution in [2.24, 2.45) is 11.7 Å². The molecule has 2 heterocycles. The predicted octanol–water partition coefficient (Wildman–Crippen LogP) is 1.08. The van der Waals surface area contributed by atoms with Crippen LogP contribution in [0.5, 0.6) is 5.75 Å². The summed E-state index contributed by atoms with van der Waals surface area (Å²) in [7, 11) is 0. The molecule has 1 saturated heterocycles. The monoisotopic (exact) mass is 382 g/mol. The smallest absolute Gasteiger partial charge is 0.257 e. The molecule has 2 aliphatic heterocycles. The van der Waals surface area contributed by atoms with E-state index in [1.54, 1.807) is 11.0 Å². The van der Waals surface area contributed by atoms with Crippen molar-refractivity contribution in [1.29, 1.82) is 0 Å². The highest BCUT2D eigenvalue weighted by Gasteiger charge is 2.36. The first kappa shape index (κ1) is 16.3. The van der Waals surface area contributed by atoms with E-state index in [-0.39, 0.29) is 24.8 Å². The first-order valence-electron chi connectivity index (χ1n) is 7.67. The zero-order chi connectivity index (χ0) is 16.6. The van der Waals surface area contributed by atoms with Crippen LogP contribution in [-0.4, -0.2) is 47.6 Å². The number of ether oxygens (including phenoxy) is 1. The lowest BCUT2D eigenvalue weighted by molar-refractivity contribution is -0.119. The number of nitrogens with zero attached hydrogens (tertiary/aromatic N) is 1. The molecule has 0 saturated carbocycles. The Morgan fingerprint density at radius 1 is 1.39 bits per heavy atom. The minimum atomic E-state index is -0.723. The van der Waals surface area contributed by atoms with Gasteiger partial charge in [0, 0.05) is 35.5 Å². The summed E-state index contributed by atoms with van der Waals surface area (Å²) in [6.07, 6.45) is 1.15. The van der Waals surface area contributed by atoms with Crippen LogP contribution in [0.25, 0.3) is 0 Å². The van der Waals surface area contributed by atoms with Crippen molar-refractivity contribution < 1.29 is 19.4 Å². The van der Waals surface area contributed by atoms with E-state index in [1.807, 2.05) is 6.07 Å². The molecule has 3 N–H and O–H groups in total. The number of halogens is 1. The standard InChI is InChI=1S/C16H19BrN2O4/c17-12-4-3-11(15-10(12)2-1-5-23-15)16(22)19-7-9(6-14(18)21)13(20)8-19/h3-4,9,13,20H,1-2,5-8H2,(H2,18,21)/t9-,13-/m1/s1. The third-order valence-electron chi connectivity index (χ3n) is 4.41. The number of benzene rings is 1. The van der Waals surface area contributed by atoms with Crippen LogP contribution in [0.2, 0.25) is 0 Å². The van der Waals surface area contributed by atoms with Gasteiger partial charge in [0.15, 0.2) is 0 Å². The summed E-state index contributed by atoms with van der Waals surface area (Å²) in [6, 6.07) is 3.60. The van der Waals surface area contributed by atoms with E-state index in [2.05, 4.69) is 15.9 Å². The minimum Gasteiger partial charge on any atom is -0.492 e. The van der Waals surface area contributed by atoms with Crippen LogP contribution in [0.3, 0.4) is 0 Å². The lowest BCUT2D eigenvalue weighted by atomic mass is 10.0. The summed E-state index contributed by atoms with van der Waals surface area (Å²) in [5.74, 6) is -0.318. The van der Waals surface area contributed by atoms with E-state index in [4.69, 9.17) is 10.5 Å². The second kappa shape index (κ2) is 6.49. The molecule has 124 valence electrons. The molecule has 23 heavy (non-hydrogen) atoms. The van der Waals surface area contributed by atoms with Crippen molar-refractivity contribution in [3.63, 3.8) is 0 Å². The summed E-state index contributed by atoms with van der Waals surface area (Å²) in [6.45, 7) is 1.13. The summed E-state index contributed by atoms with van der Waals surface area (Å²) in [5, 5.41) is 10.0. The van der Waals surface area contributed by atoms with Crippen LogP contribution in [0, 0.1) is 5.92 Å². The van der Waals surface area contributed by atoms with Crippen LogP contribution in [-0.2, 0) is 11.2 Å². The molecule has 7 heteroatoms. The van der Waals surface area contributed by atoms with Gasteiger partial charge in [-0.3, -0.25) is 9.59 Å². The van der Waals surface area contributed by atoms with E-state index in [9.17, 15) is 14.7 Å². The Hall–Kier alpha value is -1.60. The molecule has 3 rings (SSSR count). The highest BCUT2D eigenvalue weighted by atomic mass is 79.9. The number of aliphatic hydroxyl groups excluding tert-OH is 1. The number of likely N-dealkylation sites (tertiary alicyclic amines) is 1. The van der Waals surface area contributed by atoms with E-state index >= 15 is 0 Å². The second-order valence-corrected chi connectivity index (χ2v) is 6.92. The minimum absolute atomic E-state index is 0.0832. The quantitative estimate of drug-likeness (QED) is 0.817. The molecule has 1 fully saturated rings. The highest BCUT2D eigenvalue weighted by Crippen LogP contribution is 2.36. The summed E-state index contributed by atoms with van der Waals surface area (Å²) >= 11 is 3.50. The van der Waals surface area contributed by atoms with Crippen molar-refractivity contribution in [2.75, 3.05) is 19.7 Å². The molecule has 2 aliphatic rings. The van der Waals surface area contributed by atoms with E-state index in [0.29, 0.717) is 24.5 Å². The number of fused-ring (bicyclic) bond motifs is 1. The Morgan fingerprint density at radius 3 is 2.91 bits per heavy atom. The van der Waals surface area contributed by atoms with E-state index in [0.717, 1.165) is 22.9 Å². The Bertz CT molecular complexity index is 649. The number of primary amides is 1. The van der Waals surface area contributed by atoms with Gasteiger partial charge in [0.25, 0.3) is 5.91 Å². The van der Waals surface area contributed by atoms with Gasteiger partial charge in [0.05, 0.1) is 18.3 Å². The van der Waals surface area contributed by atoms with Gasteiger partial charge in [0.2, 0.25) is 5.91 Å². The molecule has 0 bridgehead atoms. The van der Waals surface area contributed by atoms with Crippen LogP contribution < -0.4 is 10.5 Å². The van der Waals surface area contributed by atoms with Crippen molar-refractivity contribution in [1.82, 2.24) is 4.90 Å². The topological polar surface area (TPSA) is 92.9 Å².